The molecule has 1 aromatic rings. The first-order valence-electron chi connectivity index (χ1n) is 10.3. The van der Waals surface area contributed by atoms with Gasteiger partial charge in [-0.25, -0.2) is 4.79 Å². The summed E-state index contributed by atoms with van der Waals surface area (Å²) in [4.78, 5) is 25.3. The summed E-state index contributed by atoms with van der Waals surface area (Å²) in [6.45, 7) is 9.39. The lowest BCUT2D eigenvalue weighted by atomic mass is 10.1. The monoisotopic (exact) mass is 451 g/mol. The maximum Gasteiger partial charge on any atom is 0.349 e. The Kier molecular flexibility index (Phi) is 13.3. The van der Waals surface area contributed by atoms with Crippen molar-refractivity contribution in [2.45, 2.75) is 27.2 Å². The number of nitriles is 1. The van der Waals surface area contributed by atoms with Crippen LogP contribution in [0.25, 0.3) is 6.08 Å². The Morgan fingerprint density at radius 1 is 1.06 bits per heavy atom. The van der Waals surface area contributed by atoms with Crippen LogP contribution in [0.3, 0.4) is 0 Å². The molecule has 0 spiro atoms. The van der Waals surface area contributed by atoms with E-state index in [4.69, 9.17) is 9.47 Å². The van der Waals surface area contributed by atoms with Crippen molar-refractivity contribution in [2.24, 2.45) is 0 Å². The van der Waals surface area contributed by atoms with E-state index in [1.165, 1.54) is 6.92 Å². The summed E-state index contributed by atoms with van der Waals surface area (Å²) in [5.74, 6) is -0.905. The van der Waals surface area contributed by atoms with Gasteiger partial charge >= 0.3 is 11.9 Å². The van der Waals surface area contributed by atoms with Crippen LogP contribution in [0.1, 0.15) is 32.8 Å². The van der Waals surface area contributed by atoms with Crippen LogP contribution in [-0.4, -0.2) is 69.9 Å². The molecule has 0 amide bonds. The van der Waals surface area contributed by atoms with E-state index in [2.05, 4.69) is 18.7 Å². The van der Waals surface area contributed by atoms with E-state index in [0.717, 1.165) is 37.3 Å². The average molecular weight is 452 g/mol. The summed E-state index contributed by atoms with van der Waals surface area (Å²) in [5, 5.41) is 9.35. The van der Waals surface area contributed by atoms with Crippen LogP contribution < -0.4 is 17.3 Å². The largest absolute Gasteiger partial charge is 1.00 e. The van der Waals surface area contributed by atoms with Crippen molar-refractivity contribution >= 4 is 23.7 Å². The fourth-order valence-electron chi connectivity index (χ4n) is 2.96. The second kappa shape index (κ2) is 14.4. The second-order valence-electron chi connectivity index (χ2n) is 7.65. The topological polar surface area (TPSA) is 79.6 Å². The third-order valence-corrected chi connectivity index (χ3v) is 4.82. The molecule has 1 rings (SSSR count). The predicted molar refractivity (Wildman–Crippen MR) is 118 cm³/mol. The van der Waals surface area contributed by atoms with Crippen LogP contribution in [0.4, 0.5) is 5.69 Å². The zero-order valence-electron chi connectivity index (χ0n) is 19.2. The minimum absolute atomic E-state index is 0. The molecule has 0 saturated carbocycles. The van der Waals surface area contributed by atoms with Gasteiger partial charge in [-0.2, -0.15) is 5.26 Å². The Morgan fingerprint density at radius 3 is 2.19 bits per heavy atom. The van der Waals surface area contributed by atoms with Gasteiger partial charge in [0.1, 0.15) is 24.8 Å². The fraction of sp³-hybridized carbons (Fsp3) is 0.522. The molecule has 0 atom stereocenters. The molecule has 8 heteroatoms. The number of hydrogen-bond acceptors (Lipinski definition) is 6. The molecule has 0 aliphatic carbocycles. The van der Waals surface area contributed by atoms with Crippen molar-refractivity contribution < 1.29 is 36.0 Å². The lowest BCUT2D eigenvalue weighted by Crippen LogP contribution is -3.00. The minimum atomic E-state index is -0.620. The predicted octanol–water partition coefficient (Wildman–Crippen LogP) is 0.0166. The van der Waals surface area contributed by atoms with Crippen LogP contribution in [-0.2, 0) is 19.1 Å². The highest BCUT2D eigenvalue weighted by molar-refractivity contribution is 5.97. The van der Waals surface area contributed by atoms with Gasteiger partial charge in [-0.05, 0) is 37.6 Å². The second-order valence-corrected chi connectivity index (χ2v) is 7.65. The summed E-state index contributed by atoms with van der Waals surface area (Å²) in [6, 6.07) is 9.68. The van der Waals surface area contributed by atoms with Crippen molar-refractivity contribution in [3.63, 3.8) is 0 Å². The molecule has 0 fully saturated rings. The van der Waals surface area contributed by atoms with Gasteiger partial charge in [-0.15, -0.1) is 0 Å². The molecule has 0 aliphatic heterocycles. The molecular formula is C23H34ClN3O4. The molecule has 0 saturated heterocycles. The van der Waals surface area contributed by atoms with Crippen molar-refractivity contribution in [2.75, 3.05) is 58.4 Å². The van der Waals surface area contributed by atoms with Crippen LogP contribution in [0, 0.1) is 11.3 Å². The molecule has 0 aliphatic rings. The molecular weight excluding hydrogens is 418 g/mol. The number of esters is 2. The molecule has 7 nitrogen and oxygen atoms in total. The van der Waals surface area contributed by atoms with E-state index < -0.39 is 5.97 Å². The quantitative estimate of drug-likeness (QED) is 0.146. The Labute approximate surface area is 192 Å². The molecule has 172 valence electrons. The van der Waals surface area contributed by atoms with Crippen LogP contribution in [0.5, 0.6) is 0 Å². The summed E-state index contributed by atoms with van der Waals surface area (Å²) in [6.07, 6.45) is 2.28. The smallest absolute Gasteiger partial charge is 0.349 e. The number of carbonyl (C=O) groups excluding carboxylic acids is 2. The molecule has 0 unspecified atom stereocenters. The van der Waals surface area contributed by atoms with E-state index in [0.29, 0.717) is 17.6 Å². The Balaban J connectivity index is 0.00000900. The number of rotatable bonds is 12. The zero-order chi connectivity index (χ0) is 22.6. The molecule has 0 bridgehead atoms. The first-order valence-corrected chi connectivity index (χ1v) is 10.3. The summed E-state index contributed by atoms with van der Waals surface area (Å²) in [7, 11) is 4.03. The van der Waals surface area contributed by atoms with E-state index in [-0.39, 0.29) is 30.6 Å². The van der Waals surface area contributed by atoms with Gasteiger partial charge in [-0.1, -0.05) is 12.1 Å². The molecule has 0 N–H and O–H groups in total. The van der Waals surface area contributed by atoms with Crippen molar-refractivity contribution in [3.8, 4) is 6.07 Å². The molecule has 0 heterocycles. The third-order valence-electron chi connectivity index (χ3n) is 4.82. The first kappa shape index (κ1) is 28.4. The van der Waals surface area contributed by atoms with Crippen LogP contribution in [0.15, 0.2) is 29.8 Å². The van der Waals surface area contributed by atoms with Gasteiger partial charge in [0.25, 0.3) is 0 Å². The molecule has 1 aromatic carbocycles. The highest BCUT2D eigenvalue weighted by Crippen LogP contribution is 2.17. The van der Waals surface area contributed by atoms with Gasteiger partial charge in [0, 0.05) is 32.1 Å². The van der Waals surface area contributed by atoms with E-state index >= 15 is 0 Å². The maximum absolute atomic E-state index is 12.3. The lowest BCUT2D eigenvalue weighted by Gasteiger charge is -2.29. The highest BCUT2D eigenvalue weighted by atomic mass is 35.5. The average Bonchev–Trinajstić information content (AvgIpc) is 2.71. The van der Waals surface area contributed by atoms with E-state index in [1.54, 1.807) is 6.08 Å². The van der Waals surface area contributed by atoms with Gasteiger partial charge in [0.15, 0.2) is 0 Å². The number of ether oxygens (including phenoxy) is 2. The third kappa shape index (κ3) is 10.9. The fourth-order valence-corrected chi connectivity index (χ4v) is 2.96. The normalized spacial score (nSPS) is 11.2. The van der Waals surface area contributed by atoms with E-state index in [1.807, 2.05) is 44.4 Å². The van der Waals surface area contributed by atoms with Gasteiger partial charge in [0.2, 0.25) is 0 Å². The summed E-state index contributed by atoms with van der Waals surface area (Å²) in [5.41, 5.74) is 1.86. The Bertz CT molecular complexity index is 766. The number of quaternary nitrogens is 1. The van der Waals surface area contributed by atoms with Gasteiger partial charge in [-0.3, -0.25) is 4.79 Å². The zero-order valence-corrected chi connectivity index (χ0v) is 19.9. The molecule has 31 heavy (non-hydrogen) atoms. The Morgan fingerprint density at radius 2 is 1.68 bits per heavy atom. The number of anilines is 1. The van der Waals surface area contributed by atoms with E-state index in [9.17, 15) is 14.9 Å². The number of hydrogen-bond donors (Lipinski definition) is 0. The lowest BCUT2D eigenvalue weighted by molar-refractivity contribution is -0.890. The Hall–Kier alpha value is -2.56. The minimum Gasteiger partial charge on any atom is -1.00 e. The van der Waals surface area contributed by atoms with Gasteiger partial charge in [0.05, 0.1) is 27.2 Å². The van der Waals surface area contributed by atoms with Crippen molar-refractivity contribution in [3.05, 3.63) is 35.4 Å². The summed E-state index contributed by atoms with van der Waals surface area (Å²) < 4.78 is 10.9. The number of halogens is 1. The SMILES string of the molecule is CCN(CC)c1ccc(/C=C(\C#N)C(=O)OCC[N+](C)(C)CCCOC(C)=O)cc1.[Cl-]. The highest BCUT2D eigenvalue weighted by Gasteiger charge is 2.17. The number of carbonyl (C=O) groups is 2. The number of benzene rings is 1. The van der Waals surface area contributed by atoms with Crippen molar-refractivity contribution in [1.29, 1.82) is 5.26 Å². The van der Waals surface area contributed by atoms with Crippen LogP contribution in [0.2, 0.25) is 0 Å². The first-order chi connectivity index (χ1) is 14.2. The maximum atomic E-state index is 12.3. The summed E-state index contributed by atoms with van der Waals surface area (Å²) >= 11 is 0. The standard InChI is InChI=1S/C23H34N3O4.ClH/c1-6-25(7-2)22-11-9-20(10-12-22)17-21(18-24)23(28)30-16-14-26(4,5)13-8-15-29-19(3)27;/h9-12,17H,6-8,13-16H2,1-5H3;1H/q+1;/p-1/b21-17+;. The molecule has 0 radical (unpaired) electrons. The number of likely N-dealkylation sites (N-methyl/N-ethyl adjacent to an activating group) is 1. The number of nitrogens with zero attached hydrogens (tertiary/aromatic N) is 3. The molecule has 0 aromatic heterocycles. The van der Waals surface area contributed by atoms with Gasteiger partial charge < -0.3 is 31.3 Å². The van der Waals surface area contributed by atoms with Crippen molar-refractivity contribution in [1.82, 2.24) is 0 Å². The van der Waals surface area contributed by atoms with Crippen LogP contribution >= 0.6 is 0 Å².